The Morgan fingerprint density at radius 2 is 2.06 bits per heavy atom. The lowest BCUT2D eigenvalue weighted by molar-refractivity contribution is -0.141. The third kappa shape index (κ3) is 3.76. The third-order valence-corrected chi connectivity index (χ3v) is 8.19. The van der Waals surface area contributed by atoms with E-state index >= 15 is 0 Å². The van der Waals surface area contributed by atoms with Crippen molar-refractivity contribution in [3.8, 4) is 0 Å². The predicted molar refractivity (Wildman–Crippen MR) is 117 cm³/mol. The molecule has 0 aliphatic carbocycles. The standard InChI is InChI=1S/C22H27N3O6S/c1-4-14(2)25(16-9-10-32(29,30)13-16)19(26)12-24-20(27)22(3,23-21(24)28)18-11-15-7-5-6-8-17(15)31-18/h5-8,11,14,16H,4,9-10,12-13H2,1-3H3,(H,23,28)/t14-,16-,22-/m0/s1. The minimum Gasteiger partial charge on any atom is -0.458 e. The van der Waals surface area contributed by atoms with Gasteiger partial charge in [0, 0.05) is 17.5 Å². The van der Waals surface area contributed by atoms with Crippen LogP contribution in [0.3, 0.4) is 0 Å². The van der Waals surface area contributed by atoms with Crippen LogP contribution >= 0.6 is 0 Å². The van der Waals surface area contributed by atoms with Crippen LogP contribution in [0.4, 0.5) is 4.79 Å². The number of carbonyl (C=O) groups excluding carboxylic acids is 3. The van der Waals surface area contributed by atoms with E-state index in [0.717, 1.165) is 10.3 Å². The lowest BCUT2D eigenvalue weighted by atomic mass is 9.99. The maximum atomic E-state index is 13.3. The second kappa shape index (κ2) is 7.91. The van der Waals surface area contributed by atoms with Gasteiger partial charge in [-0.3, -0.25) is 14.5 Å². The molecule has 4 rings (SSSR count). The third-order valence-electron chi connectivity index (χ3n) is 6.44. The Morgan fingerprint density at radius 1 is 1.34 bits per heavy atom. The Kier molecular flexibility index (Phi) is 5.52. The number of amides is 4. The Balaban J connectivity index is 1.57. The Hall–Kier alpha value is -2.88. The zero-order valence-corrected chi connectivity index (χ0v) is 19.1. The number of urea groups is 1. The molecule has 0 unspecified atom stereocenters. The molecule has 2 fully saturated rings. The Morgan fingerprint density at radius 3 is 2.69 bits per heavy atom. The molecule has 3 atom stereocenters. The van der Waals surface area contributed by atoms with Crippen LogP contribution in [0.15, 0.2) is 34.7 Å². The van der Waals surface area contributed by atoms with Gasteiger partial charge >= 0.3 is 6.03 Å². The normalized spacial score (nSPS) is 25.8. The van der Waals surface area contributed by atoms with Gasteiger partial charge in [0.2, 0.25) is 5.91 Å². The van der Waals surface area contributed by atoms with Crippen LogP contribution < -0.4 is 5.32 Å². The topological polar surface area (TPSA) is 117 Å². The molecule has 10 heteroatoms. The Labute approximate surface area is 186 Å². The number of hydrogen-bond donors (Lipinski definition) is 1. The van der Waals surface area contributed by atoms with E-state index in [1.807, 2.05) is 32.0 Å². The van der Waals surface area contributed by atoms with Crippen molar-refractivity contribution in [1.29, 1.82) is 0 Å². The molecule has 9 nitrogen and oxygen atoms in total. The van der Waals surface area contributed by atoms with Crippen molar-refractivity contribution in [3.05, 3.63) is 36.1 Å². The van der Waals surface area contributed by atoms with Crippen LogP contribution in [-0.2, 0) is 25.0 Å². The predicted octanol–water partition coefficient (Wildman–Crippen LogP) is 2.01. The molecule has 2 saturated heterocycles. The molecule has 2 aromatic rings. The number of benzene rings is 1. The van der Waals surface area contributed by atoms with Crippen LogP contribution in [0.2, 0.25) is 0 Å². The van der Waals surface area contributed by atoms with Crippen LogP contribution in [-0.4, -0.2) is 66.2 Å². The smallest absolute Gasteiger partial charge is 0.325 e. The van der Waals surface area contributed by atoms with E-state index in [2.05, 4.69) is 5.32 Å². The van der Waals surface area contributed by atoms with Crippen molar-refractivity contribution in [2.45, 2.75) is 51.2 Å². The molecule has 172 valence electrons. The number of sulfone groups is 1. The van der Waals surface area contributed by atoms with Gasteiger partial charge < -0.3 is 14.6 Å². The average Bonchev–Trinajstić information content (AvgIpc) is 3.39. The molecule has 1 aromatic heterocycles. The van der Waals surface area contributed by atoms with E-state index < -0.39 is 45.8 Å². The number of imide groups is 1. The quantitative estimate of drug-likeness (QED) is 0.658. The van der Waals surface area contributed by atoms with Gasteiger partial charge in [-0.05, 0) is 38.8 Å². The van der Waals surface area contributed by atoms with Gasteiger partial charge in [0.25, 0.3) is 5.91 Å². The van der Waals surface area contributed by atoms with Crippen LogP contribution in [0.5, 0.6) is 0 Å². The van der Waals surface area contributed by atoms with E-state index in [1.54, 1.807) is 19.1 Å². The maximum absolute atomic E-state index is 13.3. The van der Waals surface area contributed by atoms with Crippen LogP contribution in [0.25, 0.3) is 11.0 Å². The fourth-order valence-electron chi connectivity index (χ4n) is 4.45. The number of nitrogens with zero attached hydrogens (tertiary/aromatic N) is 2. The lowest BCUT2D eigenvalue weighted by Gasteiger charge is -2.34. The molecule has 0 bridgehead atoms. The molecule has 1 N–H and O–H groups in total. The number of rotatable bonds is 6. The molecule has 2 aliphatic heterocycles. The SMILES string of the molecule is CC[C@H](C)N(C(=O)CN1C(=O)N[C@@](C)(c2cc3ccccc3o2)C1=O)[C@H]1CCS(=O)(=O)C1. The molecule has 0 radical (unpaired) electrons. The van der Waals surface area contributed by atoms with Crippen molar-refractivity contribution in [2.24, 2.45) is 0 Å². The summed E-state index contributed by atoms with van der Waals surface area (Å²) >= 11 is 0. The highest BCUT2D eigenvalue weighted by molar-refractivity contribution is 7.91. The van der Waals surface area contributed by atoms with Gasteiger partial charge in [-0.1, -0.05) is 25.1 Å². The highest BCUT2D eigenvalue weighted by atomic mass is 32.2. The Bertz CT molecular complexity index is 1160. The van der Waals surface area contributed by atoms with Crippen LogP contribution in [0, 0.1) is 0 Å². The first-order valence-corrected chi connectivity index (χ1v) is 12.5. The summed E-state index contributed by atoms with van der Waals surface area (Å²) in [6.07, 6.45) is 0.981. The molecular formula is C22H27N3O6S. The largest absolute Gasteiger partial charge is 0.458 e. The summed E-state index contributed by atoms with van der Waals surface area (Å²) in [5.41, 5.74) is -0.848. The summed E-state index contributed by atoms with van der Waals surface area (Å²) < 4.78 is 29.7. The molecule has 2 aliphatic rings. The van der Waals surface area contributed by atoms with E-state index in [4.69, 9.17) is 4.42 Å². The van der Waals surface area contributed by atoms with Crippen molar-refractivity contribution >= 4 is 38.7 Å². The van der Waals surface area contributed by atoms with E-state index in [0.29, 0.717) is 18.4 Å². The summed E-state index contributed by atoms with van der Waals surface area (Å²) in [5.74, 6) is -0.810. The lowest BCUT2D eigenvalue weighted by Crippen LogP contribution is -2.51. The van der Waals surface area contributed by atoms with E-state index in [9.17, 15) is 22.8 Å². The monoisotopic (exact) mass is 461 g/mol. The molecule has 3 heterocycles. The summed E-state index contributed by atoms with van der Waals surface area (Å²) in [4.78, 5) is 41.6. The summed E-state index contributed by atoms with van der Waals surface area (Å²) in [7, 11) is -3.20. The average molecular weight is 462 g/mol. The first-order chi connectivity index (χ1) is 15.1. The molecule has 0 saturated carbocycles. The summed E-state index contributed by atoms with van der Waals surface area (Å²) in [5, 5.41) is 3.45. The fourth-order valence-corrected chi connectivity index (χ4v) is 6.16. The van der Waals surface area contributed by atoms with Gasteiger partial charge in [-0.25, -0.2) is 13.2 Å². The van der Waals surface area contributed by atoms with Crippen molar-refractivity contribution < 1.29 is 27.2 Å². The minimum atomic E-state index is -3.20. The number of nitrogens with one attached hydrogen (secondary N) is 1. The van der Waals surface area contributed by atoms with E-state index in [-0.39, 0.29) is 23.3 Å². The molecule has 1 aromatic carbocycles. The number of hydrogen-bond acceptors (Lipinski definition) is 6. The second-order valence-electron chi connectivity index (χ2n) is 8.71. The van der Waals surface area contributed by atoms with Crippen molar-refractivity contribution in [2.75, 3.05) is 18.1 Å². The summed E-state index contributed by atoms with van der Waals surface area (Å²) in [6.45, 7) is 4.83. The zero-order valence-electron chi connectivity index (χ0n) is 18.3. The van der Waals surface area contributed by atoms with E-state index in [1.165, 1.54) is 4.90 Å². The second-order valence-corrected chi connectivity index (χ2v) is 10.9. The van der Waals surface area contributed by atoms with Gasteiger partial charge in [0.15, 0.2) is 15.4 Å². The summed E-state index contributed by atoms with van der Waals surface area (Å²) in [6, 6.07) is 7.61. The molecule has 4 amide bonds. The number of para-hydroxylation sites is 1. The van der Waals surface area contributed by atoms with Gasteiger partial charge in [0.1, 0.15) is 17.9 Å². The number of furan rings is 1. The first kappa shape index (κ1) is 22.3. The van der Waals surface area contributed by atoms with Gasteiger partial charge in [-0.15, -0.1) is 0 Å². The first-order valence-electron chi connectivity index (χ1n) is 10.7. The van der Waals surface area contributed by atoms with Crippen LogP contribution in [0.1, 0.15) is 39.4 Å². The minimum absolute atomic E-state index is 0.0329. The fraction of sp³-hybridized carbons (Fsp3) is 0.500. The number of carbonyl (C=O) groups is 3. The molecular weight excluding hydrogens is 434 g/mol. The highest BCUT2D eigenvalue weighted by Gasteiger charge is 2.52. The molecule has 32 heavy (non-hydrogen) atoms. The maximum Gasteiger partial charge on any atom is 0.325 e. The van der Waals surface area contributed by atoms with Crippen molar-refractivity contribution in [3.63, 3.8) is 0 Å². The van der Waals surface area contributed by atoms with Crippen molar-refractivity contribution in [1.82, 2.24) is 15.1 Å². The van der Waals surface area contributed by atoms with Gasteiger partial charge in [-0.2, -0.15) is 0 Å². The molecule has 0 spiro atoms. The van der Waals surface area contributed by atoms with Gasteiger partial charge in [0.05, 0.1) is 11.5 Å². The number of fused-ring (bicyclic) bond motifs is 1. The zero-order chi connectivity index (χ0) is 23.3. The highest BCUT2D eigenvalue weighted by Crippen LogP contribution is 2.33.